The van der Waals surface area contributed by atoms with Gasteiger partial charge >= 0.3 is 0 Å². The Morgan fingerprint density at radius 3 is 1.95 bits per heavy atom. The zero-order chi connectivity index (χ0) is 51.8. The lowest BCUT2D eigenvalue weighted by Gasteiger charge is -2.28. The summed E-state index contributed by atoms with van der Waals surface area (Å²) >= 11 is 0. The molecule has 2 nitrogen and oxygen atoms in total. The van der Waals surface area contributed by atoms with Crippen molar-refractivity contribution >= 4 is 82.1 Å². The van der Waals surface area contributed by atoms with Crippen molar-refractivity contribution in [1.29, 1.82) is 0 Å². The normalized spacial score (nSPS) is 14.9. The molecule has 0 amide bonds. The van der Waals surface area contributed by atoms with Crippen LogP contribution in [0.15, 0.2) is 229 Å². The molecule has 12 rings (SSSR count). The van der Waals surface area contributed by atoms with E-state index in [9.17, 15) is 9.60 Å². The first kappa shape index (κ1) is 22.9. The zero-order valence-corrected chi connectivity index (χ0v) is 31.6. The van der Waals surface area contributed by atoms with Gasteiger partial charge in [0.2, 0.25) is 0 Å². The fraction of sp³-hybridized carbons (Fsp3) is 0. The van der Waals surface area contributed by atoms with Crippen LogP contribution in [0.1, 0.15) is 19.2 Å². The number of furan rings is 1. The van der Waals surface area contributed by atoms with Gasteiger partial charge in [0.25, 0.3) is 0 Å². The number of benzene rings is 11. The summed E-state index contributed by atoms with van der Waals surface area (Å²) in [6.07, 6.45) is 0. The van der Waals surface area contributed by atoms with E-state index in [0.29, 0.717) is 27.9 Å². The number of hydrogen-bond donors (Lipinski definition) is 0. The highest BCUT2D eigenvalue weighted by atomic mass is 16.3. The van der Waals surface area contributed by atoms with Gasteiger partial charge in [-0.2, -0.15) is 0 Å². The molecule has 12 aromatic rings. The van der Waals surface area contributed by atoms with Crippen molar-refractivity contribution in [2.75, 3.05) is 4.90 Å². The van der Waals surface area contributed by atoms with Crippen LogP contribution in [0.25, 0.3) is 98.4 Å². The van der Waals surface area contributed by atoms with Crippen molar-refractivity contribution in [1.82, 2.24) is 0 Å². The van der Waals surface area contributed by atoms with Gasteiger partial charge in [-0.3, -0.25) is 0 Å². The van der Waals surface area contributed by atoms with Crippen molar-refractivity contribution < 1.29 is 23.6 Å². The van der Waals surface area contributed by atoms with Gasteiger partial charge in [0.05, 0.1) is 24.9 Å². The lowest BCUT2D eigenvalue weighted by Crippen LogP contribution is -2.11. The van der Waals surface area contributed by atoms with Crippen LogP contribution in [0.5, 0.6) is 0 Å². The summed E-state index contributed by atoms with van der Waals surface area (Å²) in [5.41, 5.74) is 1.62. The minimum atomic E-state index is -0.688. The van der Waals surface area contributed by atoms with E-state index < -0.39 is 84.6 Å². The fourth-order valence-electron chi connectivity index (χ4n) is 8.32. The first-order valence-electron chi connectivity index (χ1n) is 26.4. The summed E-state index contributed by atoms with van der Waals surface area (Å²) < 4.78 is 136. The molecule has 0 fully saturated rings. The minimum absolute atomic E-state index is 0.0195. The Morgan fingerprint density at radius 1 is 0.350 bits per heavy atom. The average molecular weight is 778 g/mol. The quantitative estimate of drug-likeness (QED) is 0.156. The SMILES string of the molecule is [2H]c1cc(-c2c([2H])c([2H])c([2H])c3c([2H])c([2H])c([2H])c([2H])c23)c([2H])c([2H])c1N(c1ccccc1-c1cccc2oc3cc4ccccc4cc3c12)c1c([2H])c([2H])c(-c2ccc3c(ccc4ccccc43)c2)c([2H])c1[2H]. The molecule has 280 valence electrons. The molecule has 0 saturated carbocycles. The Hall–Kier alpha value is -7.94. The second-order valence-electron chi connectivity index (χ2n) is 14.6. The summed E-state index contributed by atoms with van der Waals surface area (Å²) in [7, 11) is 0. The van der Waals surface area contributed by atoms with Crippen LogP contribution in [-0.2, 0) is 0 Å². The number of para-hydroxylation sites is 1. The van der Waals surface area contributed by atoms with E-state index in [1.165, 1.54) is 4.90 Å². The van der Waals surface area contributed by atoms with Gasteiger partial charge in [-0.05, 0) is 125 Å². The van der Waals surface area contributed by atoms with Crippen molar-refractivity contribution in [3.63, 3.8) is 0 Å². The summed E-state index contributed by atoms with van der Waals surface area (Å²) in [4.78, 5) is 1.30. The van der Waals surface area contributed by atoms with Gasteiger partial charge < -0.3 is 9.32 Å². The second-order valence-corrected chi connectivity index (χ2v) is 14.6. The molecular formula is C58H37NO. The number of fused-ring (bicyclic) bond motifs is 8. The first-order chi connectivity index (χ1) is 35.6. The van der Waals surface area contributed by atoms with Gasteiger partial charge in [0.1, 0.15) is 11.2 Å². The molecule has 1 aromatic heterocycles. The third kappa shape index (κ3) is 5.65. The van der Waals surface area contributed by atoms with Crippen LogP contribution in [0, 0.1) is 0 Å². The molecule has 60 heavy (non-hydrogen) atoms. The van der Waals surface area contributed by atoms with Crippen LogP contribution < -0.4 is 4.90 Å². The van der Waals surface area contributed by atoms with Gasteiger partial charge in [0, 0.05) is 27.7 Å². The van der Waals surface area contributed by atoms with Gasteiger partial charge in [-0.25, -0.2) is 0 Å². The third-order valence-electron chi connectivity index (χ3n) is 11.1. The van der Waals surface area contributed by atoms with Crippen LogP contribution in [-0.4, -0.2) is 0 Å². The van der Waals surface area contributed by atoms with E-state index in [2.05, 4.69) is 0 Å². The number of rotatable bonds is 6. The highest BCUT2D eigenvalue weighted by Gasteiger charge is 2.21. The molecule has 0 aliphatic carbocycles. The average Bonchev–Trinajstić information content (AvgIpc) is 3.79. The highest BCUT2D eigenvalue weighted by Crippen LogP contribution is 2.46. The molecule has 0 N–H and O–H groups in total. The maximum absolute atomic E-state index is 9.85. The number of hydrogen-bond acceptors (Lipinski definition) is 2. The molecule has 0 aliphatic heterocycles. The molecule has 0 aliphatic rings. The van der Waals surface area contributed by atoms with E-state index in [1.54, 1.807) is 30.3 Å². The van der Waals surface area contributed by atoms with Crippen LogP contribution in [0.3, 0.4) is 0 Å². The molecule has 0 bridgehead atoms. The monoisotopic (exact) mass is 777 g/mol. The Bertz CT molecular complexity index is 4420. The van der Waals surface area contributed by atoms with Crippen LogP contribution >= 0.6 is 0 Å². The molecule has 0 spiro atoms. The maximum Gasteiger partial charge on any atom is 0.136 e. The van der Waals surface area contributed by atoms with Crippen LogP contribution in [0.4, 0.5) is 17.1 Å². The summed E-state index contributed by atoms with van der Waals surface area (Å²) in [5.74, 6) is 0. The molecule has 2 heteroatoms. The maximum atomic E-state index is 9.85. The van der Waals surface area contributed by atoms with E-state index in [-0.39, 0.29) is 44.5 Å². The van der Waals surface area contributed by atoms with Crippen LogP contribution in [0.2, 0.25) is 0 Å². The standard InChI is InChI=1S/C58H37NO/c1-2-14-43-37-57-54(36-42(43)13-1)58-53(20-10-22-56(58)60-57)52-18-7-8-21-55(52)59(47-32-27-41(28-33-47)50-19-9-15-39-11-3-5-16-48(39)50)46-30-25-38(26-31-46)44-29-34-51-45(35-44)24-23-40-12-4-6-17-49(40)51/h1-37H/i3D,5D,9D,11D,15D,16D,19D,25D,26D,27D,30D,31D,32D,33D. The largest absolute Gasteiger partial charge is 0.456 e. The summed E-state index contributed by atoms with van der Waals surface area (Å²) in [6, 6.07) is 34.7. The Morgan fingerprint density at radius 2 is 1.05 bits per heavy atom. The minimum Gasteiger partial charge on any atom is -0.456 e. The Kier molecular flexibility index (Phi) is 5.28. The van der Waals surface area contributed by atoms with E-state index >= 15 is 0 Å². The van der Waals surface area contributed by atoms with Crippen molar-refractivity contribution in [2.45, 2.75) is 0 Å². The predicted octanol–water partition coefficient (Wildman–Crippen LogP) is 16.7. The molecule has 1 heterocycles. The van der Waals surface area contributed by atoms with Crippen molar-refractivity contribution in [3.8, 4) is 33.4 Å². The second kappa shape index (κ2) is 13.9. The Labute approximate surface area is 367 Å². The molecule has 0 radical (unpaired) electrons. The van der Waals surface area contributed by atoms with Gasteiger partial charge in [-0.15, -0.1) is 0 Å². The first-order valence-corrected chi connectivity index (χ1v) is 19.4. The van der Waals surface area contributed by atoms with Gasteiger partial charge in [0.15, 0.2) is 0 Å². The molecular weight excluding hydrogens is 727 g/mol. The lowest BCUT2D eigenvalue weighted by molar-refractivity contribution is 0.669. The molecule has 0 saturated heterocycles. The molecule has 0 unspecified atom stereocenters. The van der Waals surface area contributed by atoms with E-state index in [4.69, 9.17) is 14.0 Å². The summed E-state index contributed by atoms with van der Waals surface area (Å²) in [6.45, 7) is 0. The number of nitrogens with zero attached hydrogens (tertiary/aromatic N) is 1. The Balaban J connectivity index is 1.15. The van der Waals surface area contributed by atoms with Crippen molar-refractivity contribution in [3.05, 3.63) is 224 Å². The molecule has 11 aromatic carbocycles. The number of anilines is 3. The van der Waals surface area contributed by atoms with E-state index in [1.807, 2.05) is 103 Å². The zero-order valence-electron chi connectivity index (χ0n) is 45.6. The van der Waals surface area contributed by atoms with Crippen molar-refractivity contribution in [2.24, 2.45) is 0 Å². The molecule has 0 atom stereocenters. The smallest absolute Gasteiger partial charge is 0.136 e. The lowest BCUT2D eigenvalue weighted by atomic mass is 9.95. The fourth-order valence-corrected chi connectivity index (χ4v) is 8.32. The highest BCUT2D eigenvalue weighted by molar-refractivity contribution is 6.17. The topological polar surface area (TPSA) is 16.4 Å². The van der Waals surface area contributed by atoms with E-state index in [0.717, 1.165) is 49.2 Å². The summed E-state index contributed by atoms with van der Waals surface area (Å²) in [5, 5.41) is 6.56. The third-order valence-corrected chi connectivity index (χ3v) is 11.1. The van der Waals surface area contributed by atoms with Gasteiger partial charge in [-0.1, -0.05) is 170 Å². The predicted molar refractivity (Wildman–Crippen MR) is 255 cm³/mol.